The van der Waals surface area contributed by atoms with E-state index < -0.39 is 0 Å². The molecule has 1 rings (SSSR count). The van der Waals surface area contributed by atoms with Crippen molar-refractivity contribution in [2.45, 2.75) is 45.7 Å². The molecule has 1 fully saturated rings. The van der Waals surface area contributed by atoms with Crippen molar-refractivity contribution in [1.82, 2.24) is 5.32 Å². The Kier molecular flexibility index (Phi) is 3.72. The van der Waals surface area contributed by atoms with Crippen LogP contribution in [-0.4, -0.2) is 24.7 Å². The first kappa shape index (κ1) is 10.5. The molecule has 76 valence electrons. The molecule has 0 unspecified atom stereocenters. The van der Waals surface area contributed by atoms with Crippen molar-refractivity contribution in [3.8, 4) is 0 Å². The van der Waals surface area contributed by atoms with Crippen molar-refractivity contribution in [2.75, 3.05) is 6.61 Å². The number of rotatable bonds is 2. The maximum atomic E-state index is 11.5. The first-order valence-electron chi connectivity index (χ1n) is 5.07. The lowest BCUT2D eigenvalue weighted by atomic mass is 9.89. The van der Waals surface area contributed by atoms with Crippen LogP contribution >= 0.6 is 0 Å². The van der Waals surface area contributed by atoms with E-state index in [1.54, 1.807) is 0 Å². The highest BCUT2D eigenvalue weighted by Crippen LogP contribution is 2.20. The average molecular weight is 185 g/mol. The zero-order valence-corrected chi connectivity index (χ0v) is 8.67. The second-order valence-electron chi connectivity index (χ2n) is 3.79. The molecule has 0 aromatic heterocycles. The maximum Gasteiger partial charge on any atom is 0.310 e. The molecular formula is C10H19NO2. The first-order valence-corrected chi connectivity index (χ1v) is 5.07. The summed E-state index contributed by atoms with van der Waals surface area (Å²) in [5.41, 5.74) is 0. The Labute approximate surface area is 79.8 Å². The van der Waals surface area contributed by atoms with Gasteiger partial charge in [-0.2, -0.15) is 0 Å². The fourth-order valence-corrected chi connectivity index (χ4v) is 1.90. The van der Waals surface area contributed by atoms with Crippen molar-refractivity contribution in [1.29, 1.82) is 0 Å². The molecule has 13 heavy (non-hydrogen) atoms. The van der Waals surface area contributed by atoms with Crippen molar-refractivity contribution >= 4 is 5.97 Å². The Morgan fingerprint density at radius 1 is 1.46 bits per heavy atom. The van der Waals surface area contributed by atoms with Crippen LogP contribution in [0.2, 0.25) is 0 Å². The molecule has 1 N–H and O–H groups in total. The molecule has 1 heterocycles. The van der Waals surface area contributed by atoms with E-state index in [4.69, 9.17) is 4.74 Å². The van der Waals surface area contributed by atoms with Gasteiger partial charge in [0.05, 0.1) is 12.5 Å². The summed E-state index contributed by atoms with van der Waals surface area (Å²) in [4.78, 5) is 11.5. The van der Waals surface area contributed by atoms with Crippen LogP contribution < -0.4 is 5.32 Å². The number of hydrogen-bond acceptors (Lipinski definition) is 3. The quantitative estimate of drug-likeness (QED) is 0.659. The molecule has 1 saturated heterocycles. The second-order valence-corrected chi connectivity index (χ2v) is 3.79. The van der Waals surface area contributed by atoms with Crippen LogP contribution in [0.1, 0.15) is 33.6 Å². The highest BCUT2D eigenvalue weighted by Gasteiger charge is 2.30. The van der Waals surface area contributed by atoms with Crippen LogP contribution in [0, 0.1) is 5.92 Å². The van der Waals surface area contributed by atoms with Crippen molar-refractivity contribution in [3.05, 3.63) is 0 Å². The van der Waals surface area contributed by atoms with Crippen molar-refractivity contribution in [3.63, 3.8) is 0 Å². The standard InChI is InChI=1S/C10H19NO2/c1-4-13-10(12)9-6-5-7(2)11-8(9)3/h7-9,11H,4-6H2,1-3H3/t7-,8+,9-/m1/s1. The normalized spacial score (nSPS) is 34.2. The number of esters is 1. The van der Waals surface area contributed by atoms with Crippen LogP contribution in [-0.2, 0) is 9.53 Å². The molecule has 0 bridgehead atoms. The van der Waals surface area contributed by atoms with Gasteiger partial charge in [0.25, 0.3) is 0 Å². The summed E-state index contributed by atoms with van der Waals surface area (Å²) in [7, 11) is 0. The lowest BCUT2D eigenvalue weighted by Gasteiger charge is -2.32. The minimum atomic E-state index is -0.0469. The van der Waals surface area contributed by atoms with E-state index in [2.05, 4.69) is 19.2 Å². The fraction of sp³-hybridized carbons (Fsp3) is 0.900. The fourth-order valence-electron chi connectivity index (χ4n) is 1.90. The van der Waals surface area contributed by atoms with Crippen LogP contribution in [0.4, 0.5) is 0 Å². The van der Waals surface area contributed by atoms with E-state index in [9.17, 15) is 4.79 Å². The monoisotopic (exact) mass is 185 g/mol. The number of carbonyl (C=O) groups excluding carboxylic acids is 1. The molecular weight excluding hydrogens is 166 g/mol. The van der Waals surface area contributed by atoms with Crippen molar-refractivity contribution in [2.24, 2.45) is 5.92 Å². The largest absolute Gasteiger partial charge is 0.466 e. The maximum absolute atomic E-state index is 11.5. The van der Waals surface area contributed by atoms with Crippen LogP contribution in [0.25, 0.3) is 0 Å². The molecule has 0 aromatic carbocycles. The number of nitrogens with one attached hydrogen (secondary N) is 1. The number of carbonyl (C=O) groups is 1. The van der Waals surface area contributed by atoms with Crippen molar-refractivity contribution < 1.29 is 9.53 Å². The third-order valence-electron chi connectivity index (χ3n) is 2.65. The van der Waals surface area contributed by atoms with E-state index in [0.717, 1.165) is 12.8 Å². The SMILES string of the molecule is CCOC(=O)[C@@H]1CC[C@@H](C)N[C@H]1C. The summed E-state index contributed by atoms with van der Waals surface area (Å²) in [6.07, 6.45) is 2.02. The van der Waals surface area contributed by atoms with Gasteiger partial charge in [0, 0.05) is 12.1 Å². The third-order valence-corrected chi connectivity index (χ3v) is 2.65. The van der Waals surface area contributed by atoms with Gasteiger partial charge in [-0.1, -0.05) is 0 Å². The highest BCUT2D eigenvalue weighted by molar-refractivity contribution is 5.73. The van der Waals surface area contributed by atoms with E-state index in [0.29, 0.717) is 12.6 Å². The zero-order chi connectivity index (χ0) is 9.84. The average Bonchev–Trinajstić information content (AvgIpc) is 2.04. The van der Waals surface area contributed by atoms with E-state index >= 15 is 0 Å². The van der Waals surface area contributed by atoms with Gasteiger partial charge in [-0.05, 0) is 33.6 Å². The Hall–Kier alpha value is -0.570. The molecule has 0 aromatic rings. The topological polar surface area (TPSA) is 38.3 Å². The van der Waals surface area contributed by atoms with Crippen LogP contribution in [0.15, 0.2) is 0 Å². The van der Waals surface area contributed by atoms with Gasteiger partial charge in [-0.25, -0.2) is 0 Å². The summed E-state index contributed by atoms with van der Waals surface area (Å²) < 4.78 is 5.01. The first-order chi connectivity index (χ1) is 6.15. The summed E-state index contributed by atoms with van der Waals surface area (Å²) in [5, 5.41) is 3.37. The third kappa shape index (κ3) is 2.69. The van der Waals surface area contributed by atoms with Gasteiger partial charge in [-0.15, -0.1) is 0 Å². The summed E-state index contributed by atoms with van der Waals surface area (Å²) in [6.45, 7) is 6.54. The second kappa shape index (κ2) is 4.61. The van der Waals surface area contributed by atoms with Gasteiger partial charge in [0.15, 0.2) is 0 Å². The zero-order valence-electron chi connectivity index (χ0n) is 8.67. The molecule has 3 heteroatoms. The summed E-state index contributed by atoms with van der Waals surface area (Å²) in [6, 6.07) is 0.781. The highest BCUT2D eigenvalue weighted by atomic mass is 16.5. The lowest BCUT2D eigenvalue weighted by Crippen LogP contribution is -2.47. The molecule has 0 spiro atoms. The summed E-state index contributed by atoms with van der Waals surface area (Å²) in [5.74, 6) is 0.00514. The minimum absolute atomic E-state index is 0.0469. The minimum Gasteiger partial charge on any atom is -0.466 e. The number of ether oxygens (including phenoxy) is 1. The molecule has 0 aliphatic carbocycles. The smallest absolute Gasteiger partial charge is 0.310 e. The predicted molar refractivity (Wildman–Crippen MR) is 51.4 cm³/mol. The molecule has 0 saturated carbocycles. The van der Waals surface area contributed by atoms with Gasteiger partial charge in [0.2, 0.25) is 0 Å². The molecule has 3 atom stereocenters. The number of piperidine rings is 1. The van der Waals surface area contributed by atoms with Crippen LogP contribution in [0.5, 0.6) is 0 Å². The molecule has 3 nitrogen and oxygen atoms in total. The Balaban J connectivity index is 2.45. The Bertz CT molecular complexity index is 182. The molecule has 0 amide bonds. The lowest BCUT2D eigenvalue weighted by molar-refractivity contribution is -0.150. The van der Waals surface area contributed by atoms with E-state index in [-0.39, 0.29) is 17.9 Å². The van der Waals surface area contributed by atoms with E-state index in [1.807, 2.05) is 6.92 Å². The molecule has 1 aliphatic rings. The van der Waals surface area contributed by atoms with Gasteiger partial charge in [0.1, 0.15) is 0 Å². The molecule has 1 aliphatic heterocycles. The Morgan fingerprint density at radius 3 is 2.69 bits per heavy atom. The predicted octanol–water partition coefficient (Wildman–Crippen LogP) is 1.33. The van der Waals surface area contributed by atoms with Gasteiger partial charge in [-0.3, -0.25) is 4.79 Å². The van der Waals surface area contributed by atoms with Gasteiger partial charge >= 0.3 is 5.97 Å². The summed E-state index contributed by atoms with van der Waals surface area (Å²) >= 11 is 0. The van der Waals surface area contributed by atoms with Gasteiger partial charge < -0.3 is 10.1 Å². The Morgan fingerprint density at radius 2 is 2.15 bits per heavy atom. The number of hydrogen-bond donors (Lipinski definition) is 1. The van der Waals surface area contributed by atoms with Crippen LogP contribution in [0.3, 0.4) is 0 Å². The molecule has 0 radical (unpaired) electrons. The van der Waals surface area contributed by atoms with E-state index in [1.165, 1.54) is 0 Å².